The first-order valence-electron chi connectivity index (χ1n) is 9.04. The number of pyridine rings is 1. The summed E-state index contributed by atoms with van der Waals surface area (Å²) in [6, 6.07) is 4.28. The molecule has 162 valence electrons. The van der Waals surface area contributed by atoms with Gasteiger partial charge in [-0.25, -0.2) is 0 Å². The van der Waals surface area contributed by atoms with Gasteiger partial charge in [-0.2, -0.15) is 18.3 Å². The van der Waals surface area contributed by atoms with Crippen molar-refractivity contribution >= 4 is 17.4 Å². The molecule has 0 spiro atoms. The van der Waals surface area contributed by atoms with Gasteiger partial charge in [0.25, 0.3) is 5.91 Å². The lowest BCUT2D eigenvalue weighted by Crippen LogP contribution is -2.27. The monoisotopic (exact) mass is 432 g/mol. The molecule has 1 aliphatic rings. The van der Waals surface area contributed by atoms with E-state index in [0.717, 1.165) is 6.20 Å². The zero-order chi connectivity index (χ0) is 22.6. The lowest BCUT2D eigenvalue weighted by Gasteiger charge is -2.17. The van der Waals surface area contributed by atoms with Crippen LogP contribution in [0.4, 0.5) is 19.0 Å². The SMILES string of the molecule is CN/C(C(=O)Nc1ccn(C)n1)=C1/C=C(OCc2cccnc2C(F)(F)F)C=CC1=N. The van der Waals surface area contributed by atoms with E-state index < -0.39 is 17.8 Å². The molecule has 0 aromatic carbocycles. The van der Waals surface area contributed by atoms with Gasteiger partial charge in [0.05, 0.1) is 5.71 Å². The summed E-state index contributed by atoms with van der Waals surface area (Å²) in [7, 11) is 3.22. The molecule has 31 heavy (non-hydrogen) atoms. The van der Waals surface area contributed by atoms with Crippen LogP contribution in [0.3, 0.4) is 0 Å². The van der Waals surface area contributed by atoms with Crippen LogP contribution >= 0.6 is 0 Å². The molecule has 3 N–H and O–H groups in total. The van der Waals surface area contributed by atoms with Crippen molar-refractivity contribution < 1.29 is 22.7 Å². The second-order valence-electron chi connectivity index (χ2n) is 6.46. The van der Waals surface area contributed by atoms with Crippen LogP contribution in [0, 0.1) is 5.41 Å². The molecule has 2 aromatic rings. The summed E-state index contributed by atoms with van der Waals surface area (Å²) >= 11 is 0. The highest BCUT2D eigenvalue weighted by atomic mass is 19.4. The van der Waals surface area contributed by atoms with E-state index in [1.165, 1.54) is 42.1 Å². The minimum atomic E-state index is -4.60. The molecule has 0 radical (unpaired) electrons. The Kier molecular flexibility index (Phi) is 6.23. The van der Waals surface area contributed by atoms with Crippen molar-refractivity contribution in [3.63, 3.8) is 0 Å². The average molecular weight is 432 g/mol. The first-order chi connectivity index (χ1) is 14.7. The van der Waals surface area contributed by atoms with Crippen LogP contribution in [-0.4, -0.2) is 33.4 Å². The summed E-state index contributed by atoms with van der Waals surface area (Å²) in [6.45, 7) is -0.380. The van der Waals surface area contributed by atoms with Crippen molar-refractivity contribution in [2.24, 2.45) is 7.05 Å². The van der Waals surface area contributed by atoms with Crippen molar-refractivity contribution in [3.8, 4) is 0 Å². The highest BCUT2D eigenvalue weighted by Gasteiger charge is 2.35. The largest absolute Gasteiger partial charge is 0.489 e. The number of anilines is 1. The van der Waals surface area contributed by atoms with Gasteiger partial charge in [0.15, 0.2) is 11.5 Å². The molecule has 0 unspecified atom stereocenters. The Hall–Kier alpha value is -3.89. The van der Waals surface area contributed by atoms with Crippen LogP contribution in [0.5, 0.6) is 0 Å². The van der Waals surface area contributed by atoms with Crippen molar-refractivity contribution in [2.75, 3.05) is 12.4 Å². The van der Waals surface area contributed by atoms with E-state index in [9.17, 15) is 18.0 Å². The number of carbonyl (C=O) groups is 1. The van der Waals surface area contributed by atoms with Gasteiger partial charge in [-0.05, 0) is 24.3 Å². The quantitative estimate of drug-likeness (QED) is 0.609. The van der Waals surface area contributed by atoms with Crippen LogP contribution in [-0.2, 0) is 29.4 Å². The fourth-order valence-electron chi connectivity index (χ4n) is 2.82. The van der Waals surface area contributed by atoms with Crippen molar-refractivity contribution in [3.05, 3.63) is 77.1 Å². The van der Waals surface area contributed by atoms with Crippen LogP contribution in [0.1, 0.15) is 11.3 Å². The maximum Gasteiger partial charge on any atom is 0.433 e. The van der Waals surface area contributed by atoms with Crippen molar-refractivity contribution in [2.45, 2.75) is 12.8 Å². The predicted octanol–water partition coefficient (Wildman–Crippen LogP) is 2.94. The number of allylic oxidation sites excluding steroid dienone is 4. The summed E-state index contributed by atoms with van der Waals surface area (Å²) < 4.78 is 46.3. The maximum atomic E-state index is 13.1. The lowest BCUT2D eigenvalue weighted by atomic mass is 10.0. The van der Waals surface area contributed by atoms with Crippen LogP contribution < -0.4 is 10.6 Å². The molecule has 2 heterocycles. The molecule has 1 aliphatic carbocycles. The zero-order valence-electron chi connectivity index (χ0n) is 16.6. The van der Waals surface area contributed by atoms with Crippen molar-refractivity contribution in [1.29, 1.82) is 5.41 Å². The van der Waals surface area contributed by atoms with E-state index >= 15 is 0 Å². The van der Waals surface area contributed by atoms with E-state index in [-0.39, 0.29) is 34.9 Å². The van der Waals surface area contributed by atoms with Gasteiger partial charge in [0, 0.05) is 43.7 Å². The number of halogens is 3. The van der Waals surface area contributed by atoms with E-state index in [4.69, 9.17) is 10.1 Å². The lowest BCUT2D eigenvalue weighted by molar-refractivity contribution is -0.142. The number of ether oxygens (including phenoxy) is 1. The number of aryl methyl sites for hydroxylation is 1. The third kappa shape index (κ3) is 5.18. The Morgan fingerprint density at radius 2 is 2.06 bits per heavy atom. The number of hydrogen-bond donors (Lipinski definition) is 3. The maximum absolute atomic E-state index is 13.1. The number of aromatic nitrogens is 3. The molecular formula is C20H19F3N6O2. The number of rotatable bonds is 6. The Morgan fingerprint density at radius 1 is 1.29 bits per heavy atom. The first-order valence-corrected chi connectivity index (χ1v) is 9.04. The smallest absolute Gasteiger partial charge is 0.433 e. The summed E-state index contributed by atoms with van der Waals surface area (Å²) in [6.07, 6.45) is 2.37. The number of nitrogens with zero attached hydrogens (tertiary/aromatic N) is 3. The normalized spacial score (nSPS) is 15.4. The minimum Gasteiger partial charge on any atom is -0.489 e. The summed E-state index contributed by atoms with van der Waals surface area (Å²) in [5.41, 5.74) is -0.818. The first kappa shape index (κ1) is 21.8. The zero-order valence-corrected chi connectivity index (χ0v) is 16.6. The predicted molar refractivity (Wildman–Crippen MR) is 107 cm³/mol. The molecule has 0 saturated heterocycles. The molecule has 8 nitrogen and oxygen atoms in total. The van der Waals surface area contributed by atoms with E-state index in [0.29, 0.717) is 5.82 Å². The number of likely N-dealkylation sites (N-methyl/N-ethyl adjacent to an activating group) is 1. The molecular weight excluding hydrogens is 413 g/mol. The third-order valence-corrected chi connectivity index (χ3v) is 4.25. The molecule has 0 atom stereocenters. The van der Waals surface area contributed by atoms with Crippen molar-refractivity contribution in [1.82, 2.24) is 20.1 Å². The van der Waals surface area contributed by atoms with E-state index in [2.05, 4.69) is 20.7 Å². The van der Waals surface area contributed by atoms with Gasteiger partial charge < -0.3 is 20.8 Å². The van der Waals surface area contributed by atoms with E-state index in [1.807, 2.05) is 0 Å². The highest BCUT2D eigenvalue weighted by molar-refractivity contribution is 6.16. The Labute approximate surface area is 175 Å². The summed E-state index contributed by atoms with van der Waals surface area (Å²) in [5, 5.41) is 17.5. The number of amides is 1. The van der Waals surface area contributed by atoms with Gasteiger partial charge in [-0.3, -0.25) is 14.5 Å². The molecule has 3 rings (SSSR count). The molecule has 0 fully saturated rings. The topological polar surface area (TPSA) is 105 Å². The second kappa shape index (κ2) is 8.86. The Balaban J connectivity index is 1.82. The van der Waals surface area contributed by atoms with Gasteiger partial charge in [0.2, 0.25) is 0 Å². The van der Waals surface area contributed by atoms with Gasteiger partial charge >= 0.3 is 6.18 Å². The van der Waals surface area contributed by atoms with Gasteiger partial charge in [-0.15, -0.1) is 0 Å². The number of hydrogen-bond acceptors (Lipinski definition) is 6. The fourth-order valence-corrected chi connectivity index (χ4v) is 2.82. The van der Waals surface area contributed by atoms with Crippen LogP contribution in [0.15, 0.2) is 65.9 Å². The van der Waals surface area contributed by atoms with Crippen LogP contribution in [0.2, 0.25) is 0 Å². The standard InChI is InChI=1S/C20H19F3N6O2/c1-25-17(19(30)27-16-7-9-29(2)28-16)14-10-13(5-6-15(14)24)31-11-12-4-3-8-26-18(12)20(21,22)23/h3-10,24-25H,11H2,1-2H3,(H,27,28,30)/b17-14-,24-15?. The van der Waals surface area contributed by atoms with Gasteiger partial charge in [-0.1, -0.05) is 6.07 Å². The average Bonchev–Trinajstić information content (AvgIpc) is 3.13. The second-order valence-corrected chi connectivity index (χ2v) is 6.46. The van der Waals surface area contributed by atoms with Gasteiger partial charge in [0.1, 0.15) is 18.1 Å². The molecule has 11 heteroatoms. The molecule has 0 bridgehead atoms. The van der Waals surface area contributed by atoms with Crippen LogP contribution in [0.25, 0.3) is 0 Å². The van der Waals surface area contributed by atoms with E-state index in [1.54, 1.807) is 19.3 Å². The Bertz CT molecular complexity index is 1100. The highest BCUT2D eigenvalue weighted by Crippen LogP contribution is 2.31. The summed E-state index contributed by atoms with van der Waals surface area (Å²) in [5.74, 6) is -0.00438. The molecule has 0 aliphatic heterocycles. The number of alkyl halides is 3. The molecule has 0 saturated carbocycles. The fraction of sp³-hybridized carbons (Fsp3) is 0.200. The number of nitrogens with one attached hydrogen (secondary N) is 3. The Morgan fingerprint density at radius 3 is 2.71 bits per heavy atom. The third-order valence-electron chi connectivity index (χ3n) is 4.25. The number of carbonyl (C=O) groups excluding carboxylic acids is 1. The molecule has 2 aromatic heterocycles. The minimum absolute atomic E-state index is 0.0326. The summed E-state index contributed by atoms with van der Waals surface area (Å²) in [4.78, 5) is 16.0. The molecule has 1 amide bonds.